The molecule has 1 amide bonds. The monoisotopic (exact) mass is 195 g/mol. The summed E-state index contributed by atoms with van der Waals surface area (Å²) in [6.07, 6.45) is 3.72. The molecule has 1 saturated heterocycles. The van der Waals surface area contributed by atoms with Crippen LogP contribution in [-0.4, -0.2) is 24.7 Å². The van der Waals surface area contributed by atoms with Gasteiger partial charge in [0.05, 0.1) is 6.61 Å². The van der Waals surface area contributed by atoms with E-state index in [4.69, 9.17) is 4.74 Å². The first-order valence-corrected chi connectivity index (χ1v) is 5.67. The van der Waals surface area contributed by atoms with Crippen molar-refractivity contribution < 1.29 is 9.53 Å². The molecule has 2 bridgehead atoms. The number of hydrogen-bond donors (Lipinski definition) is 1. The van der Waals surface area contributed by atoms with Crippen LogP contribution in [0.2, 0.25) is 0 Å². The highest BCUT2D eigenvalue weighted by atomic mass is 16.5. The minimum atomic E-state index is -0.250. The summed E-state index contributed by atoms with van der Waals surface area (Å²) in [5.41, 5.74) is 0. The highest BCUT2D eigenvalue weighted by molar-refractivity contribution is 5.81. The molecule has 5 atom stereocenters. The van der Waals surface area contributed by atoms with Crippen LogP contribution in [0.15, 0.2) is 0 Å². The van der Waals surface area contributed by atoms with Gasteiger partial charge in [0.15, 0.2) is 0 Å². The summed E-state index contributed by atoms with van der Waals surface area (Å²) in [5, 5.41) is 3.16. The molecule has 78 valence electrons. The Labute approximate surface area is 84.2 Å². The molecule has 1 N–H and O–H groups in total. The normalized spacial score (nSPS) is 51.2. The fraction of sp³-hybridized carbons (Fsp3) is 0.909. The summed E-state index contributed by atoms with van der Waals surface area (Å²) >= 11 is 0. The molecule has 3 rings (SSSR count). The Bertz CT molecular complexity index is 266. The lowest BCUT2D eigenvalue weighted by Gasteiger charge is -2.28. The highest BCUT2D eigenvalue weighted by Crippen LogP contribution is 2.49. The highest BCUT2D eigenvalue weighted by Gasteiger charge is 2.49. The van der Waals surface area contributed by atoms with E-state index in [0.29, 0.717) is 12.0 Å². The zero-order chi connectivity index (χ0) is 9.71. The van der Waals surface area contributed by atoms with Gasteiger partial charge in [-0.2, -0.15) is 0 Å². The molecule has 2 saturated carbocycles. The largest absolute Gasteiger partial charge is 0.368 e. The van der Waals surface area contributed by atoms with Crippen molar-refractivity contribution in [3.63, 3.8) is 0 Å². The van der Waals surface area contributed by atoms with Crippen molar-refractivity contribution in [2.75, 3.05) is 6.61 Å². The molecule has 0 aromatic rings. The fourth-order valence-electron chi connectivity index (χ4n) is 3.49. The van der Waals surface area contributed by atoms with Gasteiger partial charge in [0.1, 0.15) is 6.10 Å². The molecular weight excluding hydrogens is 178 g/mol. The Kier molecular flexibility index (Phi) is 1.84. The second-order valence-corrected chi connectivity index (χ2v) is 5.01. The van der Waals surface area contributed by atoms with Gasteiger partial charge in [-0.3, -0.25) is 4.79 Å². The Hall–Kier alpha value is -0.570. The molecular formula is C11H17NO2. The van der Waals surface area contributed by atoms with Crippen LogP contribution < -0.4 is 5.32 Å². The maximum Gasteiger partial charge on any atom is 0.249 e. The smallest absolute Gasteiger partial charge is 0.249 e. The van der Waals surface area contributed by atoms with Crippen molar-refractivity contribution >= 4 is 5.91 Å². The molecule has 3 heteroatoms. The summed E-state index contributed by atoms with van der Waals surface area (Å²) in [7, 11) is 0. The number of nitrogens with one attached hydrogen (secondary N) is 1. The van der Waals surface area contributed by atoms with Gasteiger partial charge < -0.3 is 10.1 Å². The molecule has 0 unspecified atom stereocenters. The Balaban J connectivity index is 1.83. The predicted octanol–water partition coefficient (Wildman–Crippen LogP) is 0.936. The quantitative estimate of drug-likeness (QED) is 0.624. The fourth-order valence-corrected chi connectivity index (χ4v) is 3.49. The number of ether oxygens (including phenoxy) is 1. The van der Waals surface area contributed by atoms with Gasteiger partial charge in [-0.15, -0.1) is 0 Å². The van der Waals surface area contributed by atoms with E-state index in [1.807, 2.05) is 6.92 Å². The van der Waals surface area contributed by atoms with Gasteiger partial charge in [0.2, 0.25) is 5.91 Å². The van der Waals surface area contributed by atoms with Crippen molar-refractivity contribution in [3.05, 3.63) is 0 Å². The molecule has 3 nitrogen and oxygen atoms in total. The van der Waals surface area contributed by atoms with Gasteiger partial charge >= 0.3 is 0 Å². The van der Waals surface area contributed by atoms with E-state index in [-0.39, 0.29) is 12.0 Å². The average Bonchev–Trinajstić information content (AvgIpc) is 2.71. The van der Waals surface area contributed by atoms with Gasteiger partial charge in [0.25, 0.3) is 0 Å². The van der Waals surface area contributed by atoms with Gasteiger partial charge in [0, 0.05) is 12.0 Å². The molecule has 0 radical (unpaired) electrons. The maximum absolute atomic E-state index is 11.6. The van der Waals surface area contributed by atoms with Gasteiger partial charge in [-0.1, -0.05) is 0 Å². The molecule has 0 aromatic carbocycles. The lowest BCUT2D eigenvalue weighted by Crippen LogP contribution is -2.44. The summed E-state index contributed by atoms with van der Waals surface area (Å²) in [6, 6.07) is 0.422. The first-order chi connectivity index (χ1) is 6.75. The number of carbonyl (C=O) groups excluding carboxylic acids is 1. The molecule has 1 heterocycles. The van der Waals surface area contributed by atoms with E-state index in [1.54, 1.807) is 0 Å². The third-order valence-corrected chi connectivity index (χ3v) is 4.31. The Morgan fingerprint density at radius 3 is 3.00 bits per heavy atom. The summed E-state index contributed by atoms with van der Waals surface area (Å²) in [6.45, 7) is 2.63. The summed E-state index contributed by atoms with van der Waals surface area (Å²) in [5.74, 6) is 2.24. The van der Waals surface area contributed by atoms with Crippen LogP contribution in [0.25, 0.3) is 0 Å². The lowest BCUT2D eigenvalue weighted by atomic mass is 9.85. The first kappa shape index (κ1) is 8.72. The minimum absolute atomic E-state index is 0.0880. The Morgan fingerprint density at radius 2 is 2.14 bits per heavy atom. The van der Waals surface area contributed by atoms with Crippen molar-refractivity contribution in [3.8, 4) is 0 Å². The number of hydrogen-bond acceptors (Lipinski definition) is 2. The Morgan fingerprint density at radius 1 is 1.36 bits per heavy atom. The standard InChI is InChI=1S/C11H17NO2/c1-6-11(13)12-10-8-3-2-7(4-8)9(10)5-14-6/h6-10H,2-5H2,1H3,(H,12,13)/t6-,7+,8-,9+,10-/m0/s1. The first-order valence-electron chi connectivity index (χ1n) is 5.67. The van der Waals surface area contributed by atoms with E-state index in [0.717, 1.165) is 18.4 Å². The minimum Gasteiger partial charge on any atom is -0.368 e. The molecule has 14 heavy (non-hydrogen) atoms. The lowest BCUT2D eigenvalue weighted by molar-refractivity contribution is -0.130. The van der Waals surface area contributed by atoms with E-state index >= 15 is 0 Å². The summed E-state index contributed by atoms with van der Waals surface area (Å²) < 4.78 is 5.57. The van der Waals surface area contributed by atoms with E-state index in [9.17, 15) is 4.79 Å². The van der Waals surface area contributed by atoms with E-state index in [2.05, 4.69) is 5.32 Å². The van der Waals surface area contributed by atoms with Crippen molar-refractivity contribution in [1.82, 2.24) is 5.32 Å². The molecule has 3 fully saturated rings. The van der Waals surface area contributed by atoms with Crippen LogP contribution in [-0.2, 0) is 9.53 Å². The topological polar surface area (TPSA) is 38.3 Å². The van der Waals surface area contributed by atoms with E-state index in [1.165, 1.54) is 19.3 Å². The molecule has 0 spiro atoms. The van der Waals surface area contributed by atoms with Crippen LogP contribution in [0, 0.1) is 17.8 Å². The summed E-state index contributed by atoms with van der Waals surface area (Å²) in [4.78, 5) is 11.6. The molecule has 2 aliphatic carbocycles. The van der Waals surface area contributed by atoms with Gasteiger partial charge in [-0.25, -0.2) is 0 Å². The SMILES string of the molecule is C[C@@H]1OC[C@@H]2[C@@H]3CC[C@@H](C3)[C@@H]2NC1=O. The van der Waals surface area contributed by atoms with Crippen LogP contribution in [0.5, 0.6) is 0 Å². The van der Waals surface area contributed by atoms with Crippen molar-refractivity contribution in [2.24, 2.45) is 17.8 Å². The predicted molar refractivity (Wildman–Crippen MR) is 51.7 cm³/mol. The molecule has 0 aromatic heterocycles. The van der Waals surface area contributed by atoms with Crippen LogP contribution in [0.3, 0.4) is 0 Å². The number of amides is 1. The number of carbonyl (C=O) groups is 1. The average molecular weight is 195 g/mol. The van der Waals surface area contributed by atoms with Crippen LogP contribution in [0.1, 0.15) is 26.2 Å². The third kappa shape index (κ3) is 1.11. The number of rotatable bonds is 0. The van der Waals surface area contributed by atoms with Crippen LogP contribution in [0.4, 0.5) is 0 Å². The van der Waals surface area contributed by atoms with Crippen molar-refractivity contribution in [1.29, 1.82) is 0 Å². The zero-order valence-corrected chi connectivity index (χ0v) is 8.53. The second-order valence-electron chi connectivity index (χ2n) is 5.01. The third-order valence-electron chi connectivity index (χ3n) is 4.31. The number of fused-ring (bicyclic) bond motifs is 5. The van der Waals surface area contributed by atoms with Gasteiger partial charge in [-0.05, 0) is 38.0 Å². The van der Waals surface area contributed by atoms with Crippen molar-refractivity contribution in [2.45, 2.75) is 38.3 Å². The molecule has 1 aliphatic heterocycles. The second kappa shape index (κ2) is 2.96. The van der Waals surface area contributed by atoms with E-state index < -0.39 is 0 Å². The molecule has 3 aliphatic rings. The van der Waals surface area contributed by atoms with Crippen LogP contribution >= 0.6 is 0 Å². The maximum atomic E-state index is 11.6. The zero-order valence-electron chi connectivity index (χ0n) is 8.53.